The Morgan fingerprint density at radius 1 is 1.40 bits per heavy atom. The zero-order valence-corrected chi connectivity index (χ0v) is 6.51. The molecule has 2 rings (SSSR count). The average Bonchev–Trinajstić information content (AvgIpc) is 2.34. The number of nitrogens with one attached hydrogen (secondary N) is 1. The Morgan fingerprint density at radius 3 is 3.10 bits per heavy atom. The number of fused-ring (bicyclic) bond motifs is 1. The summed E-state index contributed by atoms with van der Waals surface area (Å²) in [7, 11) is 2.15. The maximum absolute atomic E-state index is 3.39. The van der Waals surface area contributed by atoms with E-state index in [0.29, 0.717) is 0 Å². The Labute approximate surface area is 61.9 Å². The Balaban J connectivity index is 2.01. The third-order valence-corrected chi connectivity index (χ3v) is 2.49. The first-order valence-corrected chi connectivity index (χ1v) is 4.12. The minimum Gasteiger partial charge on any atom is -0.241 e. The first-order chi connectivity index (χ1) is 4.88. The minimum absolute atomic E-state index is 0.791. The van der Waals surface area contributed by atoms with Crippen molar-refractivity contribution >= 4 is 0 Å². The van der Waals surface area contributed by atoms with Gasteiger partial charge in [0, 0.05) is 26.2 Å². The summed E-state index contributed by atoms with van der Waals surface area (Å²) in [5.41, 5.74) is 3.39. The molecule has 0 aliphatic carbocycles. The average molecular weight is 141 g/mol. The second-order valence-corrected chi connectivity index (χ2v) is 3.22. The summed E-state index contributed by atoms with van der Waals surface area (Å²) in [5.74, 6) is 0. The van der Waals surface area contributed by atoms with Crippen LogP contribution in [-0.2, 0) is 0 Å². The van der Waals surface area contributed by atoms with E-state index in [0.717, 1.165) is 12.6 Å². The maximum Gasteiger partial charge on any atom is 0.0415 e. The van der Waals surface area contributed by atoms with Gasteiger partial charge in [-0.15, -0.1) is 0 Å². The lowest BCUT2D eigenvalue weighted by Gasteiger charge is -2.33. The molecule has 2 aliphatic rings. The van der Waals surface area contributed by atoms with Crippen LogP contribution in [0.5, 0.6) is 0 Å². The molecule has 0 aromatic rings. The molecule has 3 nitrogen and oxygen atoms in total. The van der Waals surface area contributed by atoms with Gasteiger partial charge in [0.25, 0.3) is 0 Å². The normalized spacial score (nSPS) is 36.3. The van der Waals surface area contributed by atoms with Gasteiger partial charge in [0.15, 0.2) is 0 Å². The second kappa shape index (κ2) is 2.49. The summed E-state index contributed by atoms with van der Waals surface area (Å²) >= 11 is 0. The SMILES string of the molecule is CN1CCC2CCCNN21. The van der Waals surface area contributed by atoms with E-state index in [4.69, 9.17) is 0 Å². The van der Waals surface area contributed by atoms with E-state index in [-0.39, 0.29) is 0 Å². The van der Waals surface area contributed by atoms with Crippen LogP contribution in [-0.4, -0.2) is 36.3 Å². The third kappa shape index (κ3) is 0.944. The molecule has 0 radical (unpaired) electrons. The molecule has 3 heteroatoms. The van der Waals surface area contributed by atoms with E-state index in [1.807, 2.05) is 0 Å². The molecule has 0 aromatic carbocycles. The van der Waals surface area contributed by atoms with Gasteiger partial charge in [-0.05, 0) is 19.3 Å². The van der Waals surface area contributed by atoms with Crippen LogP contribution in [0.2, 0.25) is 0 Å². The minimum atomic E-state index is 0.791. The smallest absolute Gasteiger partial charge is 0.0415 e. The van der Waals surface area contributed by atoms with Crippen molar-refractivity contribution in [3.05, 3.63) is 0 Å². The number of hydrogen-bond donors (Lipinski definition) is 1. The van der Waals surface area contributed by atoms with E-state index in [9.17, 15) is 0 Å². The van der Waals surface area contributed by atoms with Crippen LogP contribution in [0.25, 0.3) is 0 Å². The molecule has 0 spiro atoms. The largest absolute Gasteiger partial charge is 0.241 e. The van der Waals surface area contributed by atoms with Crippen molar-refractivity contribution in [3.63, 3.8) is 0 Å². The molecule has 1 unspecified atom stereocenters. The monoisotopic (exact) mass is 141 g/mol. The Bertz CT molecular complexity index is 124. The molecule has 10 heavy (non-hydrogen) atoms. The molecule has 0 amide bonds. The van der Waals surface area contributed by atoms with Crippen molar-refractivity contribution in [1.82, 2.24) is 15.6 Å². The first-order valence-electron chi connectivity index (χ1n) is 4.12. The fraction of sp³-hybridized carbons (Fsp3) is 1.00. The summed E-state index contributed by atoms with van der Waals surface area (Å²) in [6.45, 7) is 2.37. The van der Waals surface area contributed by atoms with Crippen LogP contribution in [0.15, 0.2) is 0 Å². The quantitative estimate of drug-likeness (QED) is 0.520. The first kappa shape index (κ1) is 6.58. The summed E-state index contributed by atoms with van der Waals surface area (Å²) in [4.78, 5) is 0. The van der Waals surface area contributed by atoms with Crippen LogP contribution in [0.4, 0.5) is 0 Å². The Hall–Kier alpha value is -0.120. The Morgan fingerprint density at radius 2 is 2.30 bits per heavy atom. The van der Waals surface area contributed by atoms with Gasteiger partial charge in [0.1, 0.15) is 0 Å². The van der Waals surface area contributed by atoms with Gasteiger partial charge in [-0.1, -0.05) is 0 Å². The summed E-state index contributed by atoms with van der Waals surface area (Å²) in [6, 6.07) is 0.791. The highest BCUT2D eigenvalue weighted by molar-refractivity contribution is 4.78. The lowest BCUT2D eigenvalue weighted by Crippen LogP contribution is -2.51. The number of nitrogens with zero attached hydrogens (tertiary/aromatic N) is 2. The van der Waals surface area contributed by atoms with Gasteiger partial charge in [-0.25, -0.2) is 10.4 Å². The molecule has 1 atom stereocenters. The fourth-order valence-corrected chi connectivity index (χ4v) is 1.89. The van der Waals surface area contributed by atoms with Gasteiger partial charge in [-0.2, -0.15) is 5.12 Å². The lowest BCUT2D eigenvalue weighted by molar-refractivity contribution is -0.0508. The van der Waals surface area contributed by atoms with Crippen molar-refractivity contribution < 1.29 is 0 Å². The van der Waals surface area contributed by atoms with E-state index < -0.39 is 0 Å². The highest BCUT2D eigenvalue weighted by Gasteiger charge is 2.30. The standard InChI is InChI=1S/C7H15N3/c1-9-6-4-7-3-2-5-8-10(7)9/h7-8H,2-6H2,1H3. The van der Waals surface area contributed by atoms with Crippen molar-refractivity contribution in [2.75, 3.05) is 20.1 Å². The molecule has 2 heterocycles. The van der Waals surface area contributed by atoms with E-state index in [1.165, 1.54) is 25.8 Å². The van der Waals surface area contributed by atoms with Crippen LogP contribution in [0, 0.1) is 0 Å². The van der Waals surface area contributed by atoms with Gasteiger partial charge in [0.05, 0.1) is 0 Å². The van der Waals surface area contributed by atoms with Crippen molar-refractivity contribution in [3.8, 4) is 0 Å². The molecule has 58 valence electrons. The molecular weight excluding hydrogens is 126 g/mol. The van der Waals surface area contributed by atoms with Crippen molar-refractivity contribution in [2.24, 2.45) is 0 Å². The summed E-state index contributed by atoms with van der Waals surface area (Å²) in [5, 5.41) is 4.58. The van der Waals surface area contributed by atoms with Gasteiger partial charge >= 0.3 is 0 Å². The molecule has 1 N–H and O–H groups in total. The second-order valence-electron chi connectivity index (χ2n) is 3.22. The van der Waals surface area contributed by atoms with Gasteiger partial charge in [-0.3, -0.25) is 0 Å². The highest BCUT2D eigenvalue weighted by atomic mass is 15.8. The van der Waals surface area contributed by atoms with Gasteiger partial charge in [0.2, 0.25) is 0 Å². The number of hydrogen-bond acceptors (Lipinski definition) is 3. The molecule has 2 aliphatic heterocycles. The highest BCUT2D eigenvalue weighted by Crippen LogP contribution is 2.20. The van der Waals surface area contributed by atoms with Crippen LogP contribution in [0.3, 0.4) is 0 Å². The predicted octanol–water partition coefficient (Wildman–Crippen LogP) is 0.206. The van der Waals surface area contributed by atoms with Crippen molar-refractivity contribution in [1.29, 1.82) is 0 Å². The Kier molecular flexibility index (Phi) is 1.64. The van der Waals surface area contributed by atoms with Crippen LogP contribution >= 0.6 is 0 Å². The molecule has 0 bridgehead atoms. The lowest BCUT2D eigenvalue weighted by atomic mass is 10.1. The van der Waals surface area contributed by atoms with Gasteiger partial charge < -0.3 is 0 Å². The molecule has 0 saturated carbocycles. The topological polar surface area (TPSA) is 18.5 Å². The number of rotatable bonds is 0. The maximum atomic E-state index is 3.39. The van der Waals surface area contributed by atoms with E-state index in [1.54, 1.807) is 0 Å². The van der Waals surface area contributed by atoms with Crippen molar-refractivity contribution in [2.45, 2.75) is 25.3 Å². The zero-order chi connectivity index (χ0) is 6.97. The number of hydrazine groups is 2. The summed E-state index contributed by atoms with van der Waals surface area (Å²) in [6.07, 6.45) is 4.05. The zero-order valence-electron chi connectivity index (χ0n) is 6.51. The molecule has 0 aromatic heterocycles. The van der Waals surface area contributed by atoms with Crippen LogP contribution < -0.4 is 5.43 Å². The molecule has 2 fully saturated rings. The third-order valence-electron chi connectivity index (χ3n) is 2.49. The summed E-state index contributed by atoms with van der Waals surface area (Å²) < 4.78 is 0. The van der Waals surface area contributed by atoms with E-state index >= 15 is 0 Å². The van der Waals surface area contributed by atoms with E-state index in [2.05, 4.69) is 22.6 Å². The predicted molar refractivity (Wildman–Crippen MR) is 40.1 cm³/mol. The molecule has 2 saturated heterocycles. The fourth-order valence-electron chi connectivity index (χ4n) is 1.89. The molecular formula is C7H15N3. The van der Waals surface area contributed by atoms with Crippen LogP contribution in [0.1, 0.15) is 19.3 Å².